The van der Waals surface area contributed by atoms with E-state index in [9.17, 15) is 25.2 Å². The molecule has 6 nitrogen and oxygen atoms in total. The number of hydrogen-bond donors (Lipinski definition) is 5. The minimum Gasteiger partial charge on any atom is -0.394 e. The molecule has 0 saturated heterocycles. The lowest BCUT2D eigenvalue weighted by Gasteiger charge is -2.27. The van der Waals surface area contributed by atoms with E-state index in [1.807, 2.05) is 0 Å². The highest BCUT2D eigenvalue weighted by Gasteiger charge is 2.28. The fourth-order valence-corrected chi connectivity index (χ4v) is 6.93. The third-order valence-electron chi connectivity index (χ3n) is 10.5. The molecule has 4 unspecified atom stereocenters. The van der Waals surface area contributed by atoms with Gasteiger partial charge in [-0.15, -0.1) is 0 Å². The largest absolute Gasteiger partial charge is 0.394 e. The highest BCUT2D eigenvalue weighted by molar-refractivity contribution is 5.80. The first kappa shape index (κ1) is 49.0. The van der Waals surface area contributed by atoms with Crippen molar-refractivity contribution in [2.24, 2.45) is 0 Å². The molecule has 4 atom stereocenters. The Hall–Kier alpha value is -0.950. The molecule has 0 aliphatic heterocycles. The van der Waals surface area contributed by atoms with Gasteiger partial charge in [0.1, 0.15) is 12.2 Å². The number of rotatable bonds is 40. The number of carbonyl (C=O) groups excluding carboxylic acids is 1. The number of allylic oxidation sites excluding steroid dienone is 2. The standard InChI is InChI=1S/C44H87NO5/c1-3-5-7-9-11-13-15-17-19-20-21-22-23-24-26-27-29-31-33-35-37-41(47)43(49)40(39-46)45-44(50)42(48)38-36-34-32-30-28-25-18-16-14-12-10-8-6-4-2/h14,16,40-43,46-49H,3-13,15,17-39H2,1-2H3,(H,45,50)/b16-14-. The molecule has 0 fully saturated rings. The monoisotopic (exact) mass is 710 g/mol. The molecule has 0 radical (unpaired) electrons. The van der Waals surface area contributed by atoms with Crippen molar-refractivity contribution in [2.75, 3.05) is 6.61 Å². The summed E-state index contributed by atoms with van der Waals surface area (Å²) in [6, 6.07) is -0.984. The van der Waals surface area contributed by atoms with Crippen LogP contribution in [0.25, 0.3) is 0 Å². The molecule has 0 aromatic heterocycles. The van der Waals surface area contributed by atoms with E-state index in [0.29, 0.717) is 12.8 Å². The minimum atomic E-state index is -1.26. The summed E-state index contributed by atoms with van der Waals surface area (Å²) in [5, 5.41) is 43.7. The van der Waals surface area contributed by atoms with Crippen LogP contribution in [0.1, 0.15) is 232 Å². The van der Waals surface area contributed by atoms with Crippen molar-refractivity contribution in [1.29, 1.82) is 0 Å². The predicted octanol–water partition coefficient (Wildman–Crippen LogP) is 11.4. The fraction of sp³-hybridized carbons (Fsp3) is 0.932. The lowest BCUT2D eigenvalue weighted by Crippen LogP contribution is -2.53. The van der Waals surface area contributed by atoms with Crippen LogP contribution >= 0.6 is 0 Å². The van der Waals surface area contributed by atoms with Gasteiger partial charge in [0.15, 0.2) is 0 Å². The van der Waals surface area contributed by atoms with E-state index in [1.165, 1.54) is 161 Å². The van der Waals surface area contributed by atoms with E-state index in [-0.39, 0.29) is 0 Å². The maximum absolute atomic E-state index is 12.5. The molecular formula is C44H87NO5. The highest BCUT2D eigenvalue weighted by Crippen LogP contribution is 2.17. The topological polar surface area (TPSA) is 110 Å². The number of hydrogen-bond acceptors (Lipinski definition) is 5. The SMILES string of the molecule is CCCCCC/C=C\CCCCCCCCC(O)C(=O)NC(CO)C(O)C(O)CCCCCCCCCCCCCCCCCCCCCC. The molecule has 0 saturated carbocycles. The number of unbranched alkanes of at least 4 members (excludes halogenated alkanes) is 29. The Bertz CT molecular complexity index is 717. The summed E-state index contributed by atoms with van der Waals surface area (Å²) in [7, 11) is 0. The molecule has 298 valence electrons. The minimum absolute atomic E-state index is 0.364. The second kappa shape index (κ2) is 39.3. The summed E-state index contributed by atoms with van der Waals surface area (Å²) in [6.07, 6.45) is 42.4. The Kier molecular flexibility index (Phi) is 38.5. The summed E-state index contributed by atoms with van der Waals surface area (Å²) in [5.41, 5.74) is 0. The van der Waals surface area contributed by atoms with Crippen LogP contribution in [0.2, 0.25) is 0 Å². The van der Waals surface area contributed by atoms with E-state index in [1.54, 1.807) is 0 Å². The number of amides is 1. The van der Waals surface area contributed by atoms with Crippen LogP contribution in [0.4, 0.5) is 0 Å². The number of aliphatic hydroxyl groups is 4. The van der Waals surface area contributed by atoms with Gasteiger partial charge in [0.05, 0.1) is 18.8 Å². The highest BCUT2D eigenvalue weighted by atomic mass is 16.3. The number of aliphatic hydroxyl groups excluding tert-OH is 4. The van der Waals surface area contributed by atoms with Gasteiger partial charge in [0, 0.05) is 0 Å². The summed E-state index contributed by atoms with van der Waals surface area (Å²) in [5.74, 6) is -0.587. The maximum Gasteiger partial charge on any atom is 0.249 e. The van der Waals surface area contributed by atoms with Gasteiger partial charge in [-0.25, -0.2) is 0 Å². The molecule has 0 aliphatic carbocycles. The predicted molar refractivity (Wildman–Crippen MR) is 215 cm³/mol. The molecule has 0 aromatic carbocycles. The second-order valence-electron chi connectivity index (χ2n) is 15.4. The molecular weight excluding hydrogens is 622 g/mol. The Morgan fingerprint density at radius 1 is 0.480 bits per heavy atom. The van der Waals surface area contributed by atoms with E-state index < -0.39 is 36.9 Å². The summed E-state index contributed by atoms with van der Waals surface area (Å²) in [4.78, 5) is 12.5. The molecule has 0 rings (SSSR count). The molecule has 1 amide bonds. The lowest BCUT2D eigenvalue weighted by molar-refractivity contribution is -0.132. The molecule has 6 heteroatoms. The number of carbonyl (C=O) groups is 1. The second-order valence-corrected chi connectivity index (χ2v) is 15.4. The smallest absolute Gasteiger partial charge is 0.249 e. The van der Waals surface area contributed by atoms with E-state index in [0.717, 1.165) is 44.9 Å². The van der Waals surface area contributed by atoms with Gasteiger partial charge in [0.2, 0.25) is 5.91 Å². The summed E-state index contributed by atoms with van der Waals surface area (Å²) < 4.78 is 0. The van der Waals surface area contributed by atoms with Crippen molar-refractivity contribution < 1.29 is 25.2 Å². The van der Waals surface area contributed by atoms with Crippen LogP contribution in [0.15, 0.2) is 12.2 Å². The van der Waals surface area contributed by atoms with E-state index >= 15 is 0 Å². The average molecular weight is 710 g/mol. The first-order valence-electron chi connectivity index (χ1n) is 22.1. The van der Waals surface area contributed by atoms with Crippen LogP contribution in [0.3, 0.4) is 0 Å². The van der Waals surface area contributed by atoms with Crippen molar-refractivity contribution in [2.45, 2.75) is 257 Å². The molecule has 0 bridgehead atoms. The van der Waals surface area contributed by atoms with Gasteiger partial charge >= 0.3 is 0 Å². The maximum atomic E-state index is 12.5. The van der Waals surface area contributed by atoms with Crippen molar-refractivity contribution in [1.82, 2.24) is 5.32 Å². The molecule has 5 N–H and O–H groups in total. The van der Waals surface area contributed by atoms with Gasteiger partial charge in [-0.3, -0.25) is 4.79 Å². The Morgan fingerprint density at radius 3 is 1.18 bits per heavy atom. The van der Waals surface area contributed by atoms with Crippen LogP contribution < -0.4 is 5.32 Å². The fourth-order valence-electron chi connectivity index (χ4n) is 6.93. The molecule has 0 spiro atoms. The molecule has 50 heavy (non-hydrogen) atoms. The average Bonchev–Trinajstić information content (AvgIpc) is 3.12. The van der Waals surface area contributed by atoms with Crippen LogP contribution in [0, 0.1) is 0 Å². The lowest BCUT2D eigenvalue weighted by atomic mass is 9.99. The van der Waals surface area contributed by atoms with Crippen molar-refractivity contribution in [3.63, 3.8) is 0 Å². The van der Waals surface area contributed by atoms with Crippen molar-refractivity contribution in [3.8, 4) is 0 Å². The molecule has 0 aliphatic rings. The Labute approximate surface area is 311 Å². The van der Waals surface area contributed by atoms with E-state index in [2.05, 4.69) is 31.3 Å². The summed E-state index contributed by atoms with van der Waals surface area (Å²) >= 11 is 0. The zero-order valence-electron chi connectivity index (χ0n) is 33.4. The quantitative estimate of drug-likeness (QED) is 0.0321. The first-order valence-corrected chi connectivity index (χ1v) is 22.1. The van der Waals surface area contributed by atoms with Crippen molar-refractivity contribution >= 4 is 5.91 Å². The molecule has 0 aromatic rings. The Balaban J connectivity index is 3.71. The normalized spacial score (nSPS) is 14.3. The zero-order chi connectivity index (χ0) is 36.8. The van der Waals surface area contributed by atoms with Gasteiger partial charge in [-0.05, 0) is 38.5 Å². The zero-order valence-corrected chi connectivity index (χ0v) is 33.4. The molecule has 0 heterocycles. The third-order valence-corrected chi connectivity index (χ3v) is 10.5. The Morgan fingerprint density at radius 2 is 0.800 bits per heavy atom. The third kappa shape index (κ3) is 32.9. The first-order chi connectivity index (χ1) is 24.5. The van der Waals surface area contributed by atoms with Crippen LogP contribution in [-0.2, 0) is 4.79 Å². The van der Waals surface area contributed by atoms with Gasteiger partial charge < -0.3 is 25.7 Å². The van der Waals surface area contributed by atoms with Crippen molar-refractivity contribution in [3.05, 3.63) is 12.2 Å². The number of nitrogens with one attached hydrogen (secondary N) is 1. The van der Waals surface area contributed by atoms with Gasteiger partial charge in [-0.1, -0.05) is 206 Å². The summed E-state index contributed by atoms with van der Waals surface area (Å²) in [6.45, 7) is 4.04. The van der Waals surface area contributed by atoms with Gasteiger partial charge in [0.25, 0.3) is 0 Å². The van der Waals surface area contributed by atoms with E-state index in [4.69, 9.17) is 0 Å². The van der Waals surface area contributed by atoms with Crippen LogP contribution in [0.5, 0.6) is 0 Å². The van der Waals surface area contributed by atoms with Crippen LogP contribution in [-0.4, -0.2) is 57.3 Å². The van der Waals surface area contributed by atoms with Gasteiger partial charge in [-0.2, -0.15) is 0 Å².